The highest BCUT2D eigenvalue weighted by molar-refractivity contribution is 5.88. The Labute approximate surface area is 207 Å². The summed E-state index contributed by atoms with van der Waals surface area (Å²) >= 11 is 0. The first kappa shape index (κ1) is 30.1. The Hall–Kier alpha value is -2.98. The van der Waals surface area contributed by atoms with E-state index in [-0.39, 0.29) is 30.6 Å². The van der Waals surface area contributed by atoms with Crippen LogP contribution in [-0.2, 0) is 25.6 Å². The number of nitrogens with one attached hydrogen (secondary N) is 4. The first-order valence-electron chi connectivity index (χ1n) is 12.1. The van der Waals surface area contributed by atoms with Gasteiger partial charge in [-0.2, -0.15) is 0 Å². The number of hydrogen-bond acceptors (Lipinski definition) is 6. The van der Waals surface area contributed by atoms with Crippen molar-refractivity contribution >= 4 is 23.6 Å². The van der Waals surface area contributed by atoms with E-state index >= 15 is 0 Å². The third-order valence-corrected chi connectivity index (χ3v) is 5.64. The normalized spacial score (nSPS) is 14.4. The van der Waals surface area contributed by atoms with E-state index in [1.54, 1.807) is 13.8 Å². The van der Waals surface area contributed by atoms with E-state index in [4.69, 9.17) is 5.73 Å². The number of nitrogens with two attached hydrogens (primary N) is 1. The summed E-state index contributed by atoms with van der Waals surface area (Å²) in [6.07, 6.45) is 0.566. The van der Waals surface area contributed by atoms with Crippen LogP contribution in [0.3, 0.4) is 0 Å². The SMILES string of the molecule is CNC(=O)[C@H](CCCCN)NC(=O)C[C@H](O)[C@H](Cc1ccccc1)NC(=O)[C@@H](NC(C)=O)C(C)C. The van der Waals surface area contributed by atoms with Crippen LogP contribution in [0.1, 0.15) is 52.0 Å². The summed E-state index contributed by atoms with van der Waals surface area (Å²) in [6, 6.07) is 6.95. The van der Waals surface area contributed by atoms with Gasteiger partial charge in [0.25, 0.3) is 0 Å². The smallest absolute Gasteiger partial charge is 0.243 e. The summed E-state index contributed by atoms with van der Waals surface area (Å²) in [5.74, 6) is -1.80. The maximum Gasteiger partial charge on any atom is 0.243 e. The molecule has 1 aromatic rings. The number of unbranched alkanes of at least 4 members (excludes halogenated alkanes) is 1. The molecule has 0 aromatic heterocycles. The van der Waals surface area contributed by atoms with Crippen molar-refractivity contribution in [3.8, 4) is 0 Å². The van der Waals surface area contributed by atoms with Crippen LogP contribution in [0.4, 0.5) is 0 Å². The Morgan fingerprint density at radius 3 is 2.17 bits per heavy atom. The van der Waals surface area contributed by atoms with E-state index < -0.39 is 36.0 Å². The monoisotopic (exact) mass is 491 g/mol. The lowest BCUT2D eigenvalue weighted by molar-refractivity contribution is -0.132. The Bertz CT molecular complexity index is 818. The van der Waals surface area contributed by atoms with Crippen LogP contribution in [0.2, 0.25) is 0 Å². The van der Waals surface area contributed by atoms with E-state index in [2.05, 4.69) is 21.3 Å². The number of benzene rings is 1. The standard InChI is InChI=1S/C25H41N5O5/c1-16(2)23(28-17(3)31)25(35)30-20(14-18-10-6-5-7-11-18)21(32)15-22(33)29-19(24(34)27-4)12-8-9-13-26/h5-7,10-11,16,19-21,23,32H,8-9,12-15,26H2,1-4H3,(H,27,34)(H,28,31)(H,29,33)(H,30,35)/t19-,20-,21-,23-/m0/s1. The molecule has 0 saturated carbocycles. The second-order valence-electron chi connectivity index (χ2n) is 9.02. The lowest BCUT2D eigenvalue weighted by Gasteiger charge is -2.28. The summed E-state index contributed by atoms with van der Waals surface area (Å²) in [5, 5.41) is 21.6. The van der Waals surface area contributed by atoms with Gasteiger partial charge in [-0.05, 0) is 43.7 Å². The van der Waals surface area contributed by atoms with Crippen molar-refractivity contribution in [2.24, 2.45) is 11.7 Å². The third-order valence-electron chi connectivity index (χ3n) is 5.64. The summed E-state index contributed by atoms with van der Waals surface area (Å²) in [6.45, 7) is 5.43. The average molecular weight is 492 g/mol. The second kappa shape index (κ2) is 15.8. The number of likely N-dealkylation sites (N-methyl/N-ethyl adjacent to an activating group) is 1. The first-order valence-corrected chi connectivity index (χ1v) is 12.1. The number of carbonyl (C=O) groups is 4. The van der Waals surface area contributed by atoms with Gasteiger partial charge in [-0.25, -0.2) is 0 Å². The predicted octanol–water partition coefficient (Wildman–Crippen LogP) is -0.0146. The molecule has 4 atom stereocenters. The van der Waals surface area contributed by atoms with Crippen LogP contribution in [-0.4, -0.2) is 66.6 Å². The Morgan fingerprint density at radius 2 is 1.63 bits per heavy atom. The van der Waals surface area contributed by atoms with Gasteiger partial charge in [-0.3, -0.25) is 19.2 Å². The molecule has 0 fully saturated rings. The van der Waals surface area contributed by atoms with Gasteiger partial charge in [-0.15, -0.1) is 0 Å². The highest BCUT2D eigenvalue weighted by Gasteiger charge is 2.30. The van der Waals surface area contributed by atoms with Crippen LogP contribution in [0, 0.1) is 5.92 Å². The largest absolute Gasteiger partial charge is 0.390 e. The molecular weight excluding hydrogens is 450 g/mol. The highest BCUT2D eigenvalue weighted by Crippen LogP contribution is 2.12. The number of rotatable bonds is 15. The second-order valence-corrected chi connectivity index (χ2v) is 9.02. The van der Waals surface area contributed by atoms with Crippen LogP contribution in [0.15, 0.2) is 30.3 Å². The Kier molecular flexibility index (Phi) is 13.6. The third kappa shape index (κ3) is 11.3. The maximum absolute atomic E-state index is 13.0. The fourth-order valence-electron chi connectivity index (χ4n) is 3.70. The highest BCUT2D eigenvalue weighted by atomic mass is 16.3. The number of aliphatic hydroxyl groups excluding tert-OH is 1. The van der Waals surface area contributed by atoms with Crippen molar-refractivity contribution in [1.29, 1.82) is 0 Å². The molecule has 7 N–H and O–H groups in total. The topological polar surface area (TPSA) is 163 Å². The number of aliphatic hydroxyl groups is 1. The molecule has 35 heavy (non-hydrogen) atoms. The molecule has 1 aromatic carbocycles. The van der Waals surface area contributed by atoms with Crippen LogP contribution >= 0.6 is 0 Å². The van der Waals surface area contributed by atoms with Gasteiger partial charge in [0.15, 0.2) is 0 Å². The summed E-state index contributed by atoms with van der Waals surface area (Å²) in [7, 11) is 1.49. The molecule has 196 valence electrons. The van der Waals surface area contributed by atoms with E-state index in [9.17, 15) is 24.3 Å². The molecule has 0 radical (unpaired) electrons. The van der Waals surface area contributed by atoms with Crippen LogP contribution in [0.5, 0.6) is 0 Å². The van der Waals surface area contributed by atoms with Crippen molar-refractivity contribution in [3.05, 3.63) is 35.9 Å². The fourth-order valence-corrected chi connectivity index (χ4v) is 3.70. The van der Waals surface area contributed by atoms with E-state index in [0.29, 0.717) is 19.4 Å². The van der Waals surface area contributed by atoms with Gasteiger partial charge in [0.1, 0.15) is 12.1 Å². The Morgan fingerprint density at radius 1 is 0.971 bits per heavy atom. The zero-order valence-corrected chi connectivity index (χ0v) is 21.2. The molecule has 0 aliphatic heterocycles. The molecule has 1 rings (SSSR count). The fraction of sp³-hybridized carbons (Fsp3) is 0.600. The molecular formula is C25H41N5O5. The molecule has 0 bridgehead atoms. The van der Waals surface area contributed by atoms with Crippen molar-refractivity contribution in [1.82, 2.24) is 21.3 Å². The summed E-state index contributed by atoms with van der Waals surface area (Å²) in [4.78, 5) is 49.4. The molecule has 0 heterocycles. The number of carbonyl (C=O) groups excluding carboxylic acids is 4. The minimum absolute atomic E-state index is 0.182. The van der Waals surface area contributed by atoms with Crippen molar-refractivity contribution in [3.63, 3.8) is 0 Å². The minimum Gasteiger partial charge on any atom is -0.390 e. The van der Waals surface area contributed by atoms with E-state index in [1.165, 1.54) is 14.0 Å². The quantitative estimate of drug-likeness (QED) is 0.189. The van der Waals surface area contributed by atoms with Crippen LogP contribution < -0.4 is 27.0 Å². The van der Waals surface area contributed by atoms with Gasteiger partial charge < -0.3 is 32.1 Å². The van der Waals surface area contributed by atoms with Crippen molar-refractivity contribution in [2.45, 2.75) is 77.1 Å². The van der Waals surface area contributed by atoms with Gasteiger partial charge >= 0.3 is 0 Å². The van der Waals surface area contributed by atoms with Crippen molar-refractivity contribution < 1.29 is 24.3 Å². The van der Waals surface area contributed by atoms with Crippen LogP contribution in [0.25, 0.3) is 0 Å². The maximum atomic E-state index is 13.0. The Balaban J connectivity index is 2.96. The minimum atomic E-state index is -1.22. The summed E-state index contributed by atoms with van der Waals surface area (Å²) < 4.78 is 0. The van der Waals surface area contributed by atoms with Gasteiger partial charge in [0, 0.05) is 14.0 Å². The molecule has 10 nitrogen and oxygen atoms in total. The molecule has 0 aliphatic rings. The molecule has 0 unspecified atom stereocenters. The van der Waals surface area contributed by atoms with E-state index in [1.807, 2.05) is 30.3 Å². The molecule has 0 spiro atoms. The summed E-state index contributed by atoms with van der Waals surface area (Å²) in [5.41, 5.74) is 6.38. The molecule has 0 saturated heterocycles. The van der Waals surface area contributed by atoms with Gasteiger partial charge in [0.05, 0.1) is 18.6 Å². The first-order chi connectivity index (χ1) is 16.6. The lowest BCUT2D eigenvalue weighted by Crippen LogP contribution is -2.55. The average Bonchev–Trinajstić information content (AvgIpc) is 2.81. The predicted molar refractivity (Wildman–Crippen MR) is 134 cm³/mol. The molecule has 4 amide bonds. The molecule has 10 heteroatoms. The number of hydrogen-bond donors (Lipinski definition) is 6. The van der Waals surface area contributed by atoms with E-state index in [0.717, 1.165) is 12.0 Å². The zero-order chi connectivity index (χ0) is 26.4. The lowest BCUT2D eigenvalue weighted by atomic mass is 9.96. The number of amides is 4. The van der Waals surface area contributed by atoms with Crippen molar-refractivity contribution in [2.75, 3.05) is 13.6 Å². The molecule has 0 aliphatic carbocycles. The zero-order valence-electron chi connectivity index (χ0n) is 21.2. The van der Waals surface area contributed by atoms with Gasteiger partial charge in [-0.1, -0.05) is 44.2 Å². The van der Waals surface area contributed by atoms with Gasteiger partial charge in [0.2, 0.25) is 23.6 Å².